The number of fused-ring (bicyclic) bond motifs is 1. The average Bonchev–Trinajstić information content (AvgIpc) is 3.61. The van der Waals surface area contributed by atoms with E-state index < -0.39 is 62.1 Å². The highest BCUT2D eigenvalue weighted by Crippen LogP contribution is 2.47. The molecule has 15 nitrogen and oxygen atoms in total. The van der Waals surface area contributed by atoms with Crippen LogP contribution in [-0.2, 0) is 46.2 Å². The van der Waals surface area contributed by atoms with Crippen molar-refractivity contribution in [2.75, 3.05) is 13.7 Å². The van der Waals surface area contributed by atoms with Crippen LogP contribution < -0.4 is 11.1 Å². The van der Waals surface area contributed by atoms with Crippen LogP contribution in [0.5, 0.6) is 0 Å². The SMILES string of the molecule is COC(=O)[C@H](CCCN(C(=O)OCc1ccccc1)/C(N)=N/C(=O)OCc1ccccc1)NC(=O)[C@@H]1C[C@@H]2CC[C@@H](O[Si](C(C)C)(C(C)C)C(C)C)C[C@@H]2N1C(=O)OC(C)(C)C. The first-order valence-corrected chi connectivity index (χ1v) is 24.0. The predicted octanol–water partition coefficient (Wildman–Crippen LogP) is 8.45. The van der Waals surface area contributed by atoms with Gasteiger partial charge in [0.1, 0.15) is 30.9 Å². The number of nitrogens with two attached hydrogens (primary N) is 1. The van der Waals surface area contributed by atoms with Crippen LogP contribution in [0.25, 0.3) is 0 Å². The first-order valence-electron chi connectivity index (χ1n) is 21.9. The third-order valence-electron chi connectivity index (χ3n) is 11.9. The van der Waals surface area contributed by atoms with Gasteiger partial charge in [0.25, 0.3) is 0 Å². The van der Waals surface area contributed by atoms with Gasteiger partial charge in [0, 0.05) is 18.7 Å². The number of nitrogens with one attached hydrogen (secondary N) is 1. The summed E-state index contributed by atoms with van der Waals surface area (Å²) in [6.45, 7) is 18.6. The van der Waals surface area contributed by atoms with Crippen molar-refractivity contribution in [2.45, 2.75) is 161 Å². The van der Waals surface area contributed by atoms with Crippen LogP contribution in [0.3, 0.4) is 0 Å². The van der Waals surface area contributed by atoms with Crippen molar-refractivity contribution in [1.29, 1.82) is 0 Å². The summed E-state index contributed by atoms with van der Waals surface area (Å²) in [6, 6.07) is 15.6. The molecule has 16 heteroatoms. The Morgan fingerprint density at radius 1 is 0.855 bits per heavy atom. The third-order valence-corrected chi connectivity index (χ3v) is 18.1. The molecule has 3 N–H and O–H groups in total. The van der Waals surface area contributed by atoms with E-state index in [9.17, 15) is 24.0 Å². The van der Waals surface area contributed by atoms with Crippen LogP contribution in [0, 0.1) is 5.92 Å². The third kappa shape index (κ3) is 13.3. The first-order chi connectivity index (χ1) is 29.3. The van der Waals surface area contributed by atoms with E-state index in [4.69, 9.17) is 29.1 Å². The molecule has 0 unspecified atom stereocenters. The maximum atomic E-state index is 14.3. The summed E-state index contributed by atoms with van der Waals surface area (Å²) in [5, 5.41) is 2.85. The minimum atomic E-state index is -2.24. The number of hydrogen-bond acceptors (Lipinski definition) is 10. The molecule has 1 aliphatic carbocycles. The van der Waals surface area contributed by atoms with Crippen LogP contribution in [0.15, 0.2) is 65.7 Å². The van der Waals surface area contributed by atoms with Crippen molar-refractivity contribution in [3.63, 3.8) is 0 Å². The zero-order chi connectivity index (χ0) is 45.8. The van der Waals surface area contributed by atoms with Gasteiger partial charge >= 0.3 is 24.2 Å². The number of aliphatic imine (C=N–C) groups is 1. The Morgan fingerprint density at radius 2 is 1.42 bits per heavy atom. The molecule has 342 valence electrons. The smallest absolute Gasteiger partial charge is 0.437 e. The second-order valence-electron chi connectivity index (χ2n) is 18.3. The lowest BCUT2D eigenvalue weighted by molar-refractivity contribution is -0.145. The van der Waals surface area contributed by atoms with Crippen LogP contribution >= 0.6 is 0 Å². The summed E-state index contributed by atoms with van der Waals surface area (Å²) in [6.07, 6.45) is 0.0904. The number of guanidine groups is 1. The number of methoxy groups -OCH3 is 1. The minimum Gasteiger partial charge on any atom is -0.467 e. The number of benzene rings is 2. The molecule has 2 aromatic rings. The summed E-state index contributed by atoms with van der Waals surface area (Å²) < 4.78 is 29.0. The largest absolute Gasteiger partial charge is 0.467 e. The number of hydrogen-bond donors (Lipinski definition) is 2. The second-order valence-corrected chi connectivity index (χ2v) is 23.7. The maximum absolute atomic E-state index is 14.3. The molecule has 62 heavy (non-hydrogen) atoms. The maximum Gasteiger partial charge on any atom is 0.437 e. The minimum absolute atomic E-state index is 0.000851. The quantitative estimate of drug-likeness (QED) is 0.0541. The topological polar surface area (TPSA) is 188 Å². The van der Waals surface area contributed by atoms with Crippen molar-refractivity contribution in [3.8, 4) is 0 Å². The van der Waals surface area contributed by atoms with Gasteiger partial charge in [0.2, 0.25) is 20.2 Å². The summed E-state index contributed by atoms with van der Waals surface area (Å²) in [7, 11) is -1.03. The lowest BCUT2D eigenvalue weighted by atomic mass is 9.83. The van der Waals surface area contributed by atoms with Gasteiger partial charge in [-0.25, -0.2) is 24.1 Å². The molecule has 0 aromatic heterocycles. The van der Waals surface area contributed by atoms with E-state index in [1.807, 2.05) is 12.1 Å². The summed E-state index contributed by atoms with van der Waals surface area (Å²) in [5.41, 5.74) is 8.01. The number of amides is 4. The van der Waals surface area contributed by atoms with E-state index in [0.29, 0.717) is 29.5 Å². The van der Waals surface area contributed by atoms with Crippen LogP contribution in [0.4, 0.5) is 14.4 Å². The Morgan fingerprint density at radius 3 is 1.95 bits per heavy atom. The van der Waals surface area contributed by atoms with E-state index in [2.05, 4.69) is 51.9 Å². The van der Waals surface area contributed by atoms with Crippen LogP contribution in [-0.4, -0.2) is 97.7 Å². The highest BCUT2D eigenvalue weighted by atomic mass is 28.4. The molecule has 0 radical (unpaired) electrons. The molecule has 1 aliphatic heterocycles. The lowest BCUT2D eigenvalue weighted by Gasteiger charge is -2.47. The number of rotatable bonds is 16. The van der Waals surface area contributed by atoms with Crippen molar-refractivity contribution in [2.24, 2.45) is 16.6 Å². The molecule has 0 spiro atoms. The van der Waals surface area contributed by atoms with Gasteiger partial charge in [-0.3, -0.25) is 9.69 Å². The van der Waals surface area contributed by atoms with E-state index in [-0.39, 0.29) is 50.7 Å². The summed E-state index contributed by atoms with van der Waals surface area (Å²) in [4.78, 5) is 74.0. The van der Waals surface area contributed by atoms with E-state index in [1.165, 1.54) is 7.11 Å². The van der Waals surface area contributed by atoms with Crippen molar-refractivity contribution >= 4 is 44.4 Å². The van der Waals surface area contributed by atoms with E-state index >= 15 is 0 Å². The normalized spacial score (nSPS) is 19.8. The molecule has 1 heterocycles. The summed E-state index contributed by atoms with van der Waals surface area (Å²) in [5.74, 6) is -1.68. The van der Waals surface area contributed by atoms with Gasteiger partial charge in [-0.1, -0.05) is 102 Å². The van der Waals surface area contributed by atoms with Crippen molar-refractivity contribution in [1.82, 2.24) is 15.1 Å². The zero-order valence-corrected chi connectivity index (χ0v) is 39.3. The molecular weight excluding hydrogens is 811 g/mol. The van der Waals surface area contributed by atoms with Gasteiger partial charge in [-0.05, 0) is 93.0 Å². The van der Waals surface area contributed by atoms with Gasteiger partial charge in [-0.2, -0.15) is 0 Å². The Kier molecular flexibility index (Phi) is 18.0. The Labute approximate surface area is 368 Å². The van der Waals surface area contributed by atoms with Crippen LogP contribution in [0.2, 0.25) is 16.6 Å². The fourth-order valence-corrected chi connectivity index (χ4v) is 14.8. The Hall–Kier alpha value is -4.96. The van der Waals surface area contributed by atoms with Crippen molar-refractivity contribution < 1.29 is 47.3 Å². The molecular formula is C46H69N5O10Si. The van der Waals surface area contributed by atoms with Gasteiger partial charge in [-0.15, -0.1) is 4.99 Å². The number of esters is 1. The average molecular weight is 880 g/mol. The molecule has 2 aliphatic rings. The predicted molar refractivity (Wildman–Crippen MR) is 238 cm³/mol. The van der Waals surface area contributed by atoms with Gasteiger partial charge < -0.3 is 34.4 Å². The number of carbonyl (C=O) groups excluding carboxylic acids is 5. The Balaban J connectivity index is 1.51. The lowest BCUT2D eigenvalue weighted by Crippen LogP contribution is -2.55. The Bertz CT molecular complexity index is 1820. The fraction of sp³-hybridized carbons (Fsp3) is 0.609. The molecule has 5 atom stereocenters. The monoisotopic (exact) mass is 879 g/mol. The molecule has 4 rings (SSSR count). The summed E-state index contributed by atoms with van der Waals surface area (Å²) >= 11 is 0. The number of likely N-dealkylation sites (tertiary alicyclic amines) is 1. The molecule has 0 bridgehead atoms. The van der Waals surface area contributed by atoms with Gasteiger partial charge in [0.05, 0.1) is 7.11 Å². The molecule has 2 aromatic carbocycles. The second kappa shape index (κ2) is 22.4. The van der Waals surface area contributed by atoms with Crippen LogP contribution in [0.1, 0.15) is 112 Å². The fourth-order valence-electron chi connectivity index (χ4n) is 9.15. The van der Waals surface area contributed by atoms with Gasteiger partial charge in [0.15, 0.2) is 0 Å². The number of carbonyl (C=O) groups is 5. The molecule has 1 saturated carbocycles. The highest BCUT2D eigenvalue weighted by Gasteiger charge is 2.53. The number of ether oxygens (including phenoxy) is 4. The molecule has 1 saturated heterocycles. The molecule has 4 amide bonds. The highest BCUT2D eigenvalue weighted by molar-refractivity contribution is 6.77. The van der Waals surface area contributed by atoms with Crippen molar-refractivity contribution in [3.05, 3.63) is 71.8 Å². The van der Waals surface area contributed by atoms with E-state index in [1.54, 1.807) is 74.2 Å². The van der Waals surface area contributed by atoms with E-state index in [0.717, 1.165) is 28.9 Å². The first kappa shape index (κ1) is 49.7. The number of nitrogens with zero attached hydrogens (tertiary/aromatic N) is 3. The molecule has 2 fully saturated rings. The standard InChI is InChI=1S/C46H69N5O10Si/c1-30(2)62(31(3)4,32(5)6)61-36-24-23-35-26-39(51(38(35)27-36)45(56)60-46(7,8)9)40(52)48-37(41(53)57-10)22-17-25-50(44(55)59-29-34-20-15-12-16-21-34)42(47)49-43(54)58-28-33-18-13-11-14-19-33/h11-16,18-21,30-32,35-39H,17,22-29H2,1-10H3,(H,48,52)(H2,47,49,54)/t35-,36+,37-,38-,39-/m0/s1. The zero-order valence-electron chi connectivity index (χ0n) is 38.3.